The molecule has 0 heterocycles. The maximum atomic E-state index is 11.6. The lowest BCUT2D eigenvalue weighted by Gasteiger charge is -2.18. The Kier molecular flexibility index (Phi) is 7.38. The maximum Gasteiger partial charge on any atom is 0.516 e. The van der Waals surface area contributed by atoms with E-state index in [1.54, 1.807) is 20.8 Å². The van der Waals surface area contributed by atoms with Crippen LogP contribution >= 0.6 is 0 Å². The van der Waals surface area contributed by atoms with Crippen molar-refractivity contribution in [2.75, 3.05) is 0 Å². The predicted molar refractivity (Wildman–Crippen MR) is 85.9 cm³/mol. The molecular formula is C17H23NO5. The minimum atomic E-state index is -1.03. The zero-order chi connectivity index (χ0) is 17.3. The van der Waals surface area contributed by atoms with Crippen molar-refractivity contribution in [3.8, 4) is 0 Å². The smallest absolute Gasteiger partial charge is 0.428 e. The molecule has 0 unspecified atom stereocenters. The molecule has 126 valence electrons. The van der Waals surface area contributed by atoms with Gasteiger partial charge >= 0.3 is 12.1 Å². The van der Waals surface area contributed by atoms with Gasteiger partial charge < -0.3 is 9.47 Å². The van der Waals surface area contributed by atoms with E-state index in [1.165, 1.54) is 0 Å². The van der Waals surface area contributed by atoms with E-state index in [0.717, 1.165) is 5.56 Å². The summed E-state index contributed by atoms with van der Waals surface area (Å²) in [4.78, 5) is 33.8. The number of nitrogens with zero attached hydrogens (tertiary/aromatic N) is 1. The molecule has 0 aliphatic rings. The fourth-order valence-corrected chi connectivity index (χ4v) is 1.93. The highest BCUT2D eigenvalue weighted by molar-refractivity contribution is 5.81. The molecule has 0 radical (unpaired) electrons. The molecule has 1 rings (SSSR count). The molecule has 0 N–H and O–H groups in total. The number of hydrogen-bond donors (Lipinski definition) is 0. The highest BCUT2D eigenvalue weighted by Crippen LogP contribution is 2.13. The number of rotatable bonds is 7. The Balaban J connectivity index is 2.32. The van der Waals surface area contributed by atoms with Gasteiger partial charge in [-0.2, -0.15) is 4.91 Å². The van der Waals surface area contributed by atoms with Gasteiger partial charge in [0.2, 0.25) is 0 Å². The van der Waals surface area contributed by atoms with Crippen LogP contribution in [0.15, 0.2) is 35.5 Å². The number of aryl methyl sites for hydroxylation is 1. The number of hydrogen-bond acceptors (Lipinski definition) is 6. The van der Waals surface area contributed by atoms with Crippen molar-refractivity contribution in [2.45, 2.75) is 58.1 Å². The Hall–Kier alpha value is -2.24. The van der Waals surface area contributed by atoms with Crippen molar-refractivity contribution < 1.29 is 19.1 Å². The van der Waals surface area contributed by atoms with Crippen LogP contribution in [0, 0.1) is 4.91 Å². The molecule has 0 spiro atoms. The third-order valence-corrected chi connectivity index (χ3v) is 3.03. The molecule has 0 aromatic heterocycles. The van der Waals surface area contributed by atoms with Gasteiger partial charge in [-0.3, -0.25) is 4.79 Å². The van der Waals surface area contributed by atoms with Crippen molar-refractivity contribution >= 4 is 12.1 Å². The lowest BCUT2D eigenvalue weighted by Crippen LogP contribution is -2.26. The van der Waals surface area contributed by atoms with Crippen molar-refractivity contribution in [1.82, 2.24) is 0 Å². The molecule has 0 aliphatic carbocycles. The van der Waals surface area contributed by atoms with E-state index in [1.807, 2.05) is 30.3 Å². The fourth-order valence-electron chi connectivity index (χ4n) is 1.93. The van der Waals surface area contributed by atoms with Crippen LogP contribution in [0.3, 0.4) is 0 Å². The second-order valence-corrected chi connectivity index (χ2v) is 6.26. The summed E-state index contributed by atoms with van der Waals surface area (Å²) in [6, 6.07) is 9.23. The third-order valence-electron chi connectivity index (χ3n) is 3.03. The lowest BCUT2D eigenvalue weighted by atomic mass is 10.0. The van der Waals surface area contributed by atoms with E-state index < -0.39 is 23.8 Å². The molecule has 6 heteroatoms. The number of esters is 1. The van der Waals surface area contributed by atoms with Crippen molar-refractivity contribution in [1.29, 1.82) is 0 Å². The van der Waals surface area contributed by atoms with Gasteiger partial charge in [0.05, 0.1) is 6.04 Å². The van der Waals surface area contributed by atoms with Gasteiger partial charge in [0.25, 0.3) is 0 Å². The first-order valence-corrected chi connectivity index (χ1v) is 7.60. The number of nitroso groups, excluding NO2 is 1. The lowest BCUT2D eigenvalue weighted by molar-refractivity contribution is -0.141. The van der Waals surface area contributed by atoms with Crippen molar-refractivity contribution in [3.63, 3.8) is 0 Å². The van der Waals surface area contributed by atoms with Crippen LogP contribution in [0.25, 0.3) is 0 Å². The summed E-state index contributed by atoms with van der Waals surface area (Å²) in [7, 11) is 0. The fraction of sp³-hybridized carbons (Fsp3) is 0.529. The quantitative estimate of drug-likeness (QED) is 0.430. The molecule has 0 saturated heterocycles. The predicted octanol–water partition coefficient (Wildman–Crippen LogP) is 4.01. The van der Waals surface area contributed by atoms with Crippen molar-refractivity contribution in [2.24, 2.45) is 5.18 Å². The Morgan fingerprint density at radius 2 is 1.78 bits per heavy atom. The van der Waals surface area contributed by atoms with Crippen LogP contribution in [0.2, 0.25) is 0 Å². The minimum absolute atomic E-state index is 0.0512. The van der Waals surface area contributed by atoms with Crippen molar-refractivity contribution in [3.05, 3.63) is 40.8 Å². The van der Waals surface area contributed by atoms with Crippen LogP contribution in [-0.4, -0.2) is 23.8 Å². The third kappa shape index (κ3) is 8.70. The molecule has 1 atom stereocenters. The monoisotopic (exact) mass is 321 g/mol. The van der Waals surface area contributed by atoms with Crippen LogP contribution in [0.1, 0.15) is 45.6 Å². The van der Waals surface area contributed by atoms with Gasteiger partial charge in [-0.25, -0.2) is 4.79 Å². The summed E-state index contributed by atoms with van der Waals surface area (Å²) in [6.45, 7) is 5.03. The first kappa shape index (κ1) is 18.8. The molecule has 0 bridgehead atoms. The number of benzene rings is 1. The molecular weight excluding hydrogens is 298 g/mol. The number of ether oxygens (including phenoxy) is 2. The zero-order valence-electron chi connectivity index (χ0n) is 13.8. The number of carbonyl (C=O) groups is 2. The summed E-state index contributed by atoms with van der Waals surface area (Å²) >= 11 is 0. The van der Waals surface area contributed by atoms with Crippen LogP contribution < -0.4 is 0 Å². The van der Waals surface area contributed by atoms with E-state index in [4.69, 9.17) is 4.74 Å². The van der Waals surface area contributed by atoms with Gasteiger partial charge in [0.15, 0.2) is 0 Å². The van der Waals surface area contributed by atoms with E-state index in [9.17, 15) is 14.5 Å². The Bertz CT molecular complexity index is 522. The second kappa shape index (κ2) is 9.02. The van der Waals surface area contributed by atoms with Crippen LogP contribution in [-0.2, 0) is 20.7 Å². The topological polar surface area (TPSA) is 82.0 Å². The molecule has 1 aromatic rings. The molecule has 23 heavy (non-hydrogen) atoms. The van der Waals surface area contributed by atoms with Crippen LogP contribution in [0.5, 0.6) is 0 Å². The van der Waals surface area contributed by atoms with E-state index in [0.29, 0.717) is 12.8 Å². The Morgan fingerprint density at radius 1 is 1.13 bits per heavy atom. The average molecular weight is 321 g/mol. The summed E-state index contributed by atoms with van der Waals surface area (Å²) in [5.74, 6) is -0.715. The maximum absolute atomic E-state index is 11.6. The second-order valence-electron chi connectivity index (χ2n) is 6.26. The first-order chi connectivity index (χ1) is 10.8. The normalized spacial score (nSPS) is 12.3. The molecule has 6 nitrogen and oxygen atoms in total. The Morgan fingerprint density at radius 3 is 2.35 bits per heavy atom. The largest absolute Gasteiger partial charge is 0.516 e. The summed E-state index contributed by atoms with van der Waals surface area (Å²) < 4.78 is 9.42. The number of carbonyl (C=O) groups excluding carboxylic acids is 2. The van der Waals surface area contributed by atoms with Gasteiger partial charge in [-0.1, -0.05) is 35.5 Å². The van der Waals surface area contributed by atoms with Gasteiger partial charge in [0, 0.05) is 6.42 Å². The summed E-state index contributed by atoms with van der Waals surface area (Å²) in [6.07, 6.45) is 0.427. The molecule has 1 aromatic carbocycles. The molecule has 0 amide bonds. The highest BCUT2D eigenvalue weighted by Gasteiger charge is 2.21. The summed E-state index contributed by atoms with van der Waals surface area (Å²) in [5.41, 5.74) is 0.386. The first-order valence-electron chi connectivity index (χ1n) is 7.60. The Labute approximate surface area is 136 Å². The molecule has 0 fully saturated rings. The standard InChI is InChI=1S/C17H23NO5/c1-17(2,3)23-16(20)22-15(19)12-11-14(18-21)10-9-13-7-5-4-6-8-13/h4-8,14H,9-12H2,1-3H3/t14-/m0/s1. The SMILES string of the molecule is CC(C)(C)OC(=O)OC(=O)CC[C@H](CCc1ccccc1)N=O. The minimum Gasteiger partial charge on any atom is -0.428 e. The molecule has 0 saturated carbocycles. The zero-order valence-corrected chi connectivity index (χ0v) is 13.8. The highest BCUT2D eigenvalue weighted by atomic mass is 16.7. The average Bonchev–Trinajstić information content (AvgIpc) is 2.46. The van der Waals surface area contributed by atoms with Crippen LogP contribution in [0.4, 0.5) is 4.79 Å². The van der Waals surface area contributed by atoms with E-state index >= 15 is 0 Å². The van der Waals surface area contributed by atoms with E-state index in [2.05, 4.69) is 9.91 Å². The van der Waals surface area contributed by atoms with Gasteiger partial charge in [-0.15, -0.1) is 0 Å². The molecule has 0 aliphatic heterocycles. The van der Waals surface area contributed by atoms with Gasteiger partial charge in [0.1, 0.15) is 5.60 Å². The summed E-state index contributed by atoms with van der Waals surface area (Å²) in [5, 5.41) is 3.04. The van der Waals surface area contributed by atoms with E-state index in [-0.39, 0.29) is 12.8 Å². The van der Waals surface area contributed by atoms with Gasteiger partial charge in [-0.05, 0) is 45.6 Å².